The molecule has 6 heteroatoms. The molecule has 1 saturated heterocycles. The van der Waals surface area contributed by atoms with Crippen LogP contribution in [0.2, 0.25) is 0 Å². The van der Waals surface area contributed by atoms with E-state index in [-0.39, 0.29) is 12.1 Å². The number of aliphatic hydroxyl groups excluding tert-OH is 1. The second-order valence-corrected chi connectivity index (χ2v) is 5.16. The first-order chi connectivity index (χ1) is 9.44. The van der Waals surface area contributed by atoms with Crippen LogP contribution in [0.3, 0.4) is 0 Å². The van der Waals surface area contributed by atoms with Crippen LogP contribution in [0.5, 0.6) is 0 Å². The number of rotatable bonds is 5. The van der Waals surface area contributed by atoms with Gasteiger partial charge in [-0.3, -0.25) is 4.90 Å². The summed E-state index contributed by atoms with van der Waals surface area (Å²) in [5.74, 6) is 0. The molecule has 2 atom stereocenters. The number of benzene rings is 1. The van der Waals surface area contributed by atoms with Gasteiger partial charge < -0.3 is 10.4 Å². The largest absolute Gasteiger partial charge is 0.401 e. The minimum Gasteiger partial charge on any atom is -0.392 e. The molecule has 112 valence electrons. The molecule has 2 unspecified atom stereocenters. The summed E-state index contributed by atoms with van der Waals surface area (Å²) >= 11 is 0. The van der Waals surface area contributed by atoms with E-state index in [4.69, 9.17) is 0 Å². The number of β-amino-alcohol motifs (C(OH)–C–C–N with tert-alkyl or cyclic N) is 1. The topological polar surface area (TPSA) is 35.5 Å². The molecule has 1 aliphatic rings. The lowest BCUT2D eigenvalue weighted by Crippen LogP contribution is -2.38. The van der Waals surface area contributed by atoms with Crippen LogP contribution in [0.1, 0.15) is 18.0 Å². The number of nitrogens with zero attached hydrogens (tertiary/aromatic N) is 1. The van der Waals surface area contributed by atoms with Gasteiger partial charge in [0.1, 0.15) is 0 Å². The van der Waals surface area contributed by atoms with Crippen molar-refractivity contribution in [2.24, 2.45) is 0 Å². The summed E-state index contributed by atoms with van der Waals surface area (Å²) in [6, 6.07) is 8.72. The third-order valence-corrected chi connectivity index (χ3v) is 3.44. The molecular formula is C14H19F3N2O. The average molecular weight is 288 g/mol. The predicted octanol–water partition coefficient (Wildman–Crippen LogP) is 1.95. The van der Waals surface area contributed by atoms with Crippen LogP contribution in [-0.2, 0) is 0 Å². The summed E-state index contributed by atoms with van der Waals surface area (Å²) in [7, 11) is 0. The Hall–Kier alpha value is -1.11. The molecule has 0 saturated carbocycles. The second kappa shape index (κ2) is 6.56. The SMILES string of the molecule is OC1CCN(CC(NCC(F)(F)F)c2ccccc2)C1. The Bertz CT molecular complexity index is 411. The van der Waals surface area contributed by atoms with Gasteiger partial charge in [0, 0.05) is 25.7 Å². The zero-order chi connectivity index (χ0) is 14.6. The predicted molar refractivity (Wildman–Crippen MR) is 70.3 cm³/mol. The molecule has 1 aliphatic heterocycles. The number of hydrogen-bond donors (Lipinski definition) is 2. The lowest BCUT2D eigenvalue weighted by molar-refractivity contribution is -0.126. The average Bonchev–Trinajstić information content (AvgIpc) is 2.80. The molecule has 0 spiro atoms. The van der Waals surface area contributed by atoms with Crippen LogP contribution < -0.4 is 5.32 Å². The molecule has 0 aromatic heterocycles. The fourth-order valence-electron chi connectivity index (χ4n) is 2.45. The standard InChI is InChI=1S/C14H19F3N2O/c15-14(16,17)10-18-13(11-4-2-1-3-5-11)9-19-7-6-12(20)8-19/h1-5,12-13,18,20H,6-10H2. The summed E-state index contributed by atoms with van der Waals surface area (Å²) in [6.45, 7) is 0.704. The minimum absolute atomic E-state index is 0.367. The zero-order valence-electron chi connectivity index (χ0n) is 11.1. The number of alkyl halides is 3. The summed E-state index contributed by atoms with van der Waals surface area (Å²) in [5, 5.41) is 12.1. The van der Waals surface area contributed by atoms with Gasteiger partial charge in [0.05, 0.1) is 12.6 Å². The maximum absolute atomic E-state index is 12.4. The van der Waals surface area contributed by atoms with Gasteiger partial charge in [-0.05, 0) is 12.0 Å². The van der Waals surface area contributed by atoms with Crippen molar-refractivity contribution in [1.82, 2.24) is 10.2 Å². The van der Waals surface area contributed by atoms with Crippen molar-refractivity contribution in [3.05, 3.63) is 35.9 Å². The molecule has 1 aromatic carbocycles. The smallest absolute Gasteiger partial charge is 0.392 e. The van der Waals surface area contributed by atoms with E-state index in [1.807, 2.05) is 35.2 Å². The maximum atomic E-state index is 12.4. The van der Waals surface area contributed by atoms with Gasteiger partial charge in [0.15, 0.2) is 0 Å². The normalized spacial score (nSPS) is 22.1. The van der Waals surface area contributed by atoms with Crippen LogP contribution >= 0.6 is 0 Å². The highest BCUT2D eigenvalue weighted by Crippen LogP contribution is 2.20. The van der Waals surface area contributed by atoms with E-state index in [2.05, 4.69) is 5.32 Å². The molecule has 0 bridgehead atoms. The minimum atomic E-state index is -4.22. The van der Waals surface area contributed by atoms with Crippen LogP contribution in [0, 0.1) is 0 Å². The Labute approximate surface area is 116 Å². The van der Waals surface area contributed by atoms with Crippen molar-refractivity contribution in [2.45, 2.75) is 24.7 Å². The van der Waals surface area contributed by atoms with Crippen LogP contribution in [0.4, 0.5) is 13.2 Å². The molecule has 2 rings (SSSR count). The molecule has 20 heavy (non-hydrogen) atoms. The molecule has 1 fully saturated rings. The van der Waals surface area contributed by atoms with Crippen molar-refractivity contribution in [2.75, 3.05) is 26.2 Å². The van der Waals surface area contributed by atoms with E-state index in [1.54, 1.807) is 0 Å². The van der Waals surface area contributed by atoms with Crippen LogP contribution in [0.25, 0.3) is 0 Å². The third kappa shape index (κ3) is 4.77. The van der Waals surface area contributed by atoms with E-state index in [1.165, 1.54) is 0 Å². The molecule has 0 radical (unpaired) electrons. The van der Waals surface area contributed by atoms with Gasteiger partial charge in [0.2, 0.25) is 0 Å². The van der Waals surface area contributed by atoms with E-state index >= 15 is 0 Å². The Balaban J connectivity index is 2.00. The number of halogens is 3. The van der Waals surface area contributed by atoms with Crippen molar-refractivity contribution >= 4 is 0 Å². The number of hydrogen-bond acceptors (Lipinski definition) is 3. The van der Waals surface area contributed by atoms with Crippen molar-refractivity contribution in [1.29, 1.82) is 0 Å². The summed E-state index contributed by atoms with van der Waals surface area (Å²) in [6.07, 6.45) is -3.91. The van der Waals surface area contributed by atoms with Crippen molar-refractivity contribution in [3.63, 3.8) is 0 Å². The fourth-order valence-corrected chi connectivity index (χ4v) is 2.45. The van der Waals surface area contributed by atoms with E-state index in [9.17, 15) is 18.3 Å². The first-order valence-corrected chi connectivity index (χ1v) is 6.69. The van der Waals surface area contributed by atoms with E-state index < -0.39 is 12.7 Å². The molecule has 0 aliphatic carbocycles. The van der Waals surface area contributed by atoms with Gasteiger partial charge in [-0.25, -0.2) is 0 Å². The van der Waals surface area contributed by atoms with Gasteiger partial charge in [-0.1, -0.05) is 30.3 Å². The second-order valence-electron chi connectivity index (χ2n) is 5.16. The quantitative estimate of drug-likeness (QED) is 0.869. The summed E-state index contributed by atoms with van der Waals surface area (Å²) < 4.78 is 37.2. The van der Waals surface area contributed by atoms with E-state index in [0.29, 0.717) is 19.5 Å². The first-order valence-electron chi connectivity index (χ1n) is 6.69. The Kier molecular flexibility index (Phi) is 5.01. The van der Waals surface area contributed by atoms with Gasteiger partial charge in [-0.2, -0.15) is 13.2 Å². The van der Waals surface area contributed by atoms with Gasteiger partial charge in [-0.15, -0.1) is 0 Å². The van der Waals surface area contributed by atoms with Crippen molar-refractivity contribution < 1.29 is 18.3 Å². The Morgan fingerprint density at radius 3 is 2.55 bits per heavy atom. The van der Waals surface area contributed by atoms with Gasteiger partial charge >= 0.3 is 6.18 Å². The first kappa shape index (κ1) is 15.3. The Morgan fingerprint density at radius 2 is 2.00 bits per heavy atom. The number of likely N-dealkylation sites (tertiary alicyclic amines) is 1. The molecule has 0 amide bonds. The van der Waals surface area contributed by atoms with Gasteiger partial charge in [0.25, 0.3) is 0 Å². The van der Waals surface area contributed by atoms with Crippen LogP contribution in [-0.4, -0.2) is 48.5 Å². The van der Waals surface area contributed by atoms with Crippen LogP contribution in [0.15, 0.2) is 30.3 Å². The molecule has 3 nitrogen and oxygen atoms in total. The maximum Gasteiger partial charge on any atom is 0.401 e. The highest BCUT2D eigenvalue weighted by Gasteiger charge is 2.30. The zero-order valence-corrected chi connectivity index (χ0v) is 11.1. The summed E-state index contributed by atoms with van der Waals surface area (Å²) in [4.78, 5) is 1.99. The lowest BCUT2D eigenvalue weighted by Gasteiger charge is -2.25. The molecule has 1 heterocycles. The monoisotopic (exact) mass is 288 g/mol. The molecule has 1 aromatic rings. The third-order valence-electron chi connectivity index (χ3n) is 3.44. The number of aliphatic hydroxyl groups is 1. The molecular weight excluding hydrogens is 269 g/mol. The Morgan fingerprint density at radius 1 is 1.30 bits per heavy atom. The lowest BCUT2D eigenvalue weighted by atomic mass is 10.1. The number of nitrogens with one attached hydrogen (secondary N) is 1. The highest BCUT2D eigenvalue weighted by molar-refractivity contribution is 5.19. The van der Waals surface area contributed by atoms with Crippen molar-refractivity contribution in [3.8, 4) is 0 Å². The summed E-state index contributed by atoms with van der Waals surface area (Å²) in [5.41, 5.74) is 0.832. The molecule has 2 N–H and O–H groups in total. The fraction of sp³-hybridized carbons (Fsp3) is 0.571. The van der Waals surface area contributed by atoms with E-state index in [0.717, 1.165) is 12.1 Å². The highest BCUT2D eigenvalue weighted by atomic mass is 19.4.